The lowest BCUT2D eigenvalue weighted by atomic mass is 10.4. The zero-order valence-electron chi connectivity index (χ0n) is 4.03. The van der Waals surface area contributed by atoms with E-state index in [0.717, 1.165) is 0 Å². The molecule has 5 nitrogen and oxygen atoms in total. The second kappa shape index (κ2) is 2.06. The highest BCUT2D eigenvalue weighted by atomic mass is 16.7. The fourth-order valence-electron chi connectivity index (χ4n) is 0.450. The predicted molar refractivity (Wildman–Crippen MR) is 24.2 cm³/mol. The Labute approximate surface area is 45.7 Å². The molecule has 0 bridgehead atoms. The smallest absolute Gasteiger partial charge is 0.292 e. The molecule has 1 unspecified atom stereocenters. The molecule has 0 aromatic rings. The van der Waals surface area contributed by atoms with E-state index in [-0.39, 0.29) is 0 Å². The molecule has 1 fully saturated rings. The van der Waals surface area contributed by atoms with E-state index in [1.165, 1.54) is 6.42 Å². The lowest BCUT2D eigenvalue weighted by molar-refractivity contribution is -0.523. The third kappa shape index (κ3) is 0.932. The molecule has 1 radical (unpaired) electrons. The van der Waals surface area contributed by atoms with Gasteiger partial charge in [-0.1, -0.05) is 0 Å². The molecule has 1 aliphatic heterocycles. The molecule has 45 valence electrons. The summed E-state index contributed by atoms with van der Waals surface area (Å²) >= 11 is 0. The minimum Gasteiger partial charge on any atom is -0.295 e. The predicted octanol–water partition coefficient (Wildman–Crippen LogP) is -0.672. The van der Waals surface area contributed by atoms with E-state index in [2.05, 4.69) is 10.3 Å². The number of nitrogens with one attached hydrogen (secondary N) is 1. The Hall–Kier alpha value is -0.680. The van der Waals surface area contributed by atoms with Gasteiger partial charge in [-0.2, -0.15) is 0 Å². The maximum absolute atomic E-state index is 9.83. The van der Waals surface area contributed by atoms with Gasteiger partial charge in [-0.15, -0.1) is 5.48 Å². The van der Waals surface area contributed by atoms with Gasteiger partial charge in [-0.25, -0.2) is 0 Å². The number of nitro groups is 1. The average molecular weight is 117 g/mol. The largest absolute Gasteiger partial charge is 0.295 e. The Morgan fingerprint density at radius 3 is 3.00 bits per heavy atom. The second-order valence-corrected chi connectivity index (χ2v) is 1.39. The fraction of sp³-hybridized carbons (Fsp3) is 0.667. The standard InChI is InChI=1S/C3H5N2O3/c6-5(7)3-1-2-8-4-3/h1,3-4H,2H2. The Morgan fingerprint density at radius 1 is 2.00 bits per heavy atom. The van der Waals surface area contributed by atoms with Crippen LogP contribution in [0.1, 0.15) is 0 Å². The van der Waals surface area contributed by atoms with Gasteiger partial charge in [0.15, 0.2) is 0 Å². The van der Waals surface area contributed by atoms with E-state index in [9.17, 15) is 10.1 Å². The van der Waals surface area contributed by atoms with Crippen LogP contribution < -0.4 is 5.48 Å². The quantitative estimate of drug-likeness (QED) is 0.365. The summed E-state index contributed by atoms with van der Waals surface area (Å²) in [6.07, 6.45) is 0.634. The van der Waals surface area contributed by atoms with Gasteiger partial charge in [-0.3, -0.25) is 15.0 Å². The van der Waals surface area contributed by atoms with Crippen molar-refractivity contribution in [3.63, 3.8) is 0 Å². The van der Waals surface area contributed by atoms with Crippen LogP contribution in [-0.2, 0) is 4.84 Å². The van der Waals surface area contributed by atoms with Crippen LogP contribution in [-0.4, -0.2) is 17.7 Å². The Morgan fingerprint density at radius 2 is 2.75 bits per heavy atom. The third-order valence-electron chi connectivity index (χ3n) is 0.834. The molecule has 1 aliphatic rings. The fourth-order valence-corrected chi connectivity index (χ4v) is 0.450. The van der Waals surface area contributed by atoms with Crippen molar-refractivity contribution in [3.8, 4) is 0 Å². The number of hydrogen-bond donors (Lipinski definition) is 1. The summed E-state index contributed by atoms with van der Waals surface area (Å²) in [6.45, 7) is 0.311. The summed E-state index contributed by atoms with van der Waals surface area (Å²) in [4.78, 5) is 13.9. The molecule has 0 spiro atoms. The normalized spacial score (nSPS) is 28.2. The first kappa shape index (κ1) is 5.46. The van der Waals surface area contributed by atoms with Crippen LogP contribution in [0.5, 0.6) is 0 Å². The van der Waals surface area contributed by atoms with E-state index in [1.54, 1.807) is 0 Å². The van der Waals surface area contributed by atoms with Gasteiger partial charge < -0.3 is 0 Å². The number of hydrogen-bond acceptors (Lipinski definition) is 4. The van der Waals surface area contributed by atoms with E-state index < -0.39 is 11.1 Å². The second-order valence-electron chi connectivity index (χ2n) is 1.39. The van der Waals surface area contributed by atoms with Crippen LogP contribution in [0.3, 0.4) is 0 Å². The van der Waals surface area contributed by atoms with Crippen molar-refractivity contribution in [3.05, 3.63) is 16.5 Å². The molecule has 1 atom stereocenters. The number of hydroxylamine groups is 1. The van der Waals surface area contributed by atoms with Crippen molar-refractivity contribution in [2.24, 2.45) is 0 Å². The highest BCUT2D eigenvalue weighted by Gasteiger charge is 2.25. The molecule has 0 saturated carbocycles. The van der Waals surface area contributed by atoms with Crippen molar-refractivity contribution >= 4 is 0 Å². The summed E-state index contributed by atoms with van der Waals surface area (Å²) in [5.74, 6) is 0. The van der Waals surface area contributed by atoms with Crippen molar-refractivity contribution in [2.45, 2.75) is 6.17 Å². The van der Waals surface area contributed by atoms with Gasteiger partial charge in [0.2, 0.25) is 0 Å². The highest BCUT2D eigenvalue weighted by molar-refractivity contribution is 4.74. The summed E-state index contributed by atoms with van der Waals surface area (Å²) in [5, 5.41) is 9.83. The first-order chi connectivity index (χ1) is 3.80. The Balaban J connectivity index is 2.35. The lowest BCUT2D eigenvalue weighted by Crippen LogP contribution is -2.28. The summed E-state index contributed by atoms with van der Waals surface area (Å²) in [6, 6.07) is 0. The van der Waals surface area contributed by atoms with E-state index in [1.807, 2.05) is 0 Å². The molecular formula is C3H5N2O3. The monoisotopic (exact) mass is 117 g/mol. The van der Waals surface area contributed by atoms with Crippen LogP contribution >= 0.6 is 0 Å². The van der Waals surface area contributed by atoms with Gasteiger partial charge in [0.05, 0.1) is 13.0 Å². The molecular weight excluding hydrogens is 112 g/mol. The third-order valence-corrected chi connectivity index (χ3v) is 0.834. The summed E-state index contributed by atoms with van der Waals surface area (Å²) in [5.41, 5.74) is 2.20. The first-order valence-corrected chi connectivity index (χ1v) is 2.15. The summed E-state index contributed by atoms with van der Waals surface area (Å²) in [7, 11) is 0. The van der Waals surface area contributed by atoms with Crippen LogP contribution in [0.4, 0.5) is 0 Å². The molecule has 0 aliphatic carbocycles. The zero-order valence-corrected chi connectivity index (χ0v) is 4.03. The SMILES string of the molecule is O=[N+]([O-])C1[CH]CON1. The molecule has 5 heteroatoms. The molecule has 1 heterocycles. The van der Waals surface area contributed by atoms with Gasteiger partial charge in [0, 0.05) is 4.92 Å². The Bertz CT molecular complexity index is 98.7. The topological polar surface area (TPSA) is 64.4 Å². The van der Waals surface area contributed by atoms with E-state index >= 15 is 0 Å². The average Bonchev–Trinajstić information content (AvgIpc) is 2.12. The van der Waals surface area contributed by atoms with Crippen LogP contribution in [0.2, 0.25) is 0 Å². The van der Waals surface area contributed by atoms with Crippen LogP contribution in [0.15, 0.2) is 0 Å². The van der Waals surface area contributed by atoms with Gasteiger partial charge >= 0.3 is 0 Å². The first-order valence-electron chi connectivity index (χ1n) is 2.15. The molecule has 1 rings (SSSR count). The minimum absolute atomic E-state index is 0.311. The van der Waals surface area contributed by atoms with E-state index in [0.29, 0.717) is 6.61 Å². The van der Waals surface area contributed by atoms with Gasteiger partial charge in [-0.05, 0) is 0 Å². The van der Waals surface area contributed by atoms with Crippen LogP contribution in [0, 0.1) is 16.5 Å². The number of nitrogens with zero attached hydrogens (tertiary/aromatic N) is 1. The Kier molecular flexibility index (Phi) is 1.40. The van der Waals surface area contributed by atoms with Crippen LogP contribution in [0.25, 0.3) is 0 Å². The maximum Gasteiger partial charge on any atom is 0.292 e. The summed E-state index contributed by atoms with van der Waals surface area (Å²) < 4.78 is 0. The number of rotatable bonds is 1. The molecule has 0 aromatic carbocycles. The molecule has 8 heavy (non-hydrogen) atoms. The molecule has 1 N–H and O–H groups in total. The van der Waals surface area contributed by atoms with Crippen molar-refractivity contribution in [1.82, 2.24) is 5.48 Å². The molecule has 0 aromatic heterocycles. The van der Waals surface area contributed by atoms with Crippen molar-refractivity contribution < 1.29 is 9.76 Å². The zero-order chi connectivity index (χ0) is 5.98. The van der Waals surface area contributed by atoms with Crippen molar-refractivity contribution in [2.75, 3.05) is 6.61 Å². The molecule has 0 amide bonds. The minimum atomic E-state index is -0.810. The van der Waals surface area contributed by atoms with Gasteiger partial charge in [0.1, 0.15) is 0 Å². The highest BCUT2D eigenvalue weighted by Crippen LogP contribution is 1.98. The maximum atomic E-state index is 9.83. The lowest BCUT2D eigenvalue weighted by Gasteiger charge is -1.94. The molecule has 1 saturated heterocycles. The van der Waals surface area contributed by atoms with Gasteiger partial charge in [0.25, 0.3) is 6.17 Å². The van der Waals surface area contributed by atoms with Crippen molar-refractivity contribution in [1.29, 1.82) is 0 Å². The van der Waals surface area contributed by atoms with E-state index in [4.69, 9.17) is 0 Å².